The smallest absolute Gasteiger partial charge is 0.123 e. The molecule has 0 spiro atoms. The van der Waals surface area contributed by atoms with Gasteiger partial charge in [0.1, 0.15) is 11.6 Å². The normalized spacial score (nSPS) is 28.1. The van der Waals surface area contributed by atoms with Gasteiger partial charge in [0.2, 0.25) is 0 Å². The van der Waals surface area contributed by atoms with Crippen molar-refractivity contribution in [1.82, 2.24) is 5.32 Å². The van der Waals surface area contributed by atoms with Crippen molar-refractivity contribution in [3.05, 3.63) is 29.6 Å². The van der Waals surface area contributed by atoms with Crippen LogP contribution in [0.15, 0.2) is 18.2 Å². The summed E-state index contributed by atoms with van der Waals surface area (Å²) in [6.07, 6.45) is 3.72. The molecule has 1 aromatic carbocycles. The van der Waals surface area contributed by atoms with Crippen LogP contribution in [0.5, 0.6) is 5.75 Å². The highest BCUT2D eigenvalue weighted by atomic mass is 19.1. The molecule has 1 N–H and O–H groups in total. The van der Waals surface area contributed by atoms with Gasteiger partial charge >= 0.3 is 0 Å². The van der Waals surface area contributed by atoms with Crippen molar-refractivity contribution in [2.75, 3.05) is 7.11 Å². The van der Waals surface area contributed by atoms with E-state index in [1.54, 1.807) is 19.2 Å². The molecule has 0 heterocycles. The van der Waals surface area contributed by atoms with Crippen LogP contribution in [-0.4, -0.2) is 13.2 Å². The van der Waals surface area contributed by atoms with Crippen molar-refractivity contribution in [3.8, 4) is 5.75 Å². The molecule has 3 unspecified atom stereocenters. The van der Waals surface area contributed by atoms with Gasteiger partial charge in [-0.2, -0.15) is 0 Å². The summed E-state index contributed by atoms with van der Waals surface area (Å²) in [5.74, 6) is 2.07. The van der Waals surface area contributed by atoms with E-state index in [-0.39, 0.29) is 11.9 Å². The van der Waals surface area contributed by atoms with E-state index in [9.17, 15) is 4.39 Å². The average Bonchev–Trinajstić information content (AvgIpc) is 2.37. The van der Waals surface area contributed by atoms with Crippen LogP contribution < -0.4 is 10.1 Å². The van der Waals surface area contributed by atoms with Crippen LogP contribution in [0.1, 0.15) is 51.6 Å². The molecule has 1 fully saturated rings. The Bertz CT molecular complexity index is 439. The Kier molecular flexibility index (Phi) is 5.03. The van der Waals surface area contributed by atoms with Gasteiger partial charge < -0.3 is 10.1 Å². The van der Waals surface area contributed by atoms with E-state index in [4.69, 9.17) is 4.74 Å². The Morgan fingerprint density at radius 2 is 1.85 bits per heavy atom. The Labute approximate surface area is 121 Å². The van der Waals surface area contributed by atoms with E-state index in [0.717, 1.165) is 23.1 Å². The van der Waals surface area contributed by atoms with E-state index in [2.05, 4.69) is 26.1 Å². The molecular weight excluding hydrogens is 253 g/mol. The Morgan fingerprint density at radius 1 is 1.20 bits per heavy atom. The predicted molar refractivity (Wildman–Crippen MR) is 80.5 cm³/mol. The van der Waals surface area contributed by atoms with Crippen molar-refractivity contribution >= 4 is 0 Å². The lowest BCUT2D eigenvalue weighted by Gasteiger charge is -2.34. The van der Waals surface area contributed by atoms with Gasteiger partial charge in [-0.3, -0.25) is 0 Å². The quantitative estimate of drug-likeness (QED) is 0.886. The molecule has 0 saturated heterocycles. The van der Waals surface area contributed by atoms with Crippen molar-refractivity contribution < 1.29 is 9.13 Å². The maximum Gasteiger partial charge on any atom is 0.123 e. The zero-order chi connectivity index (χ0) is 14.7. The molecule has 1 aromatic rings. The lowest BCUT2D eigenvalue weighted by Crippen LogP contribution is -2.37. The zero-order valence-electron chi connectivity index (χ0n) is 12.9. The topological polar surface area (TPSA) is 21.3 Å². The number of ether oxygens (including phenoxy) is 1. The maximum absolute atomic E-state index is 13.5. The first-order valence-electron chi connectivity index (χ1n) is 7.59. The van der Waals surface area contributed by atoms with Gasteiger partial charge in [0.25, 0.3) is 0 Å². The van der Waals surface area contributed by atoms with E-state index in [1.807, 2.05) is 0 Å². The number of methoxy groups -OCH3 is 1. The molecule has 3 atom stereocenters. The summed E-state index contributed by atoms with van der Waals surface area (Å²) in [5.41, 5.74) is 0.901. The number of nitrogens with one attached hydrogen (secondary N) is 1. The van der Waals surface area contributed by atoms with Gasteiger partial charge in [0.15, 0.2) is 0 Å². The SMILES string of the molecule is COc1ccc(F)cc1C(C)NC1CC(C)CC(C)C1. The molecule has 3 heteroatoms. The standard InChI is InChI=1S/C17H26FNO/c1-11-7-12(2)9-15(8-11)19-13(3)16-10-14(18)5-6-17(16)20-4/h5-6,10-13,15,19H,7-9H2,1-4H3. The van der Waals surface area contributed by atoms with Gasteiger partial charge in [0, 0.05) is 17.6 Å². The van der Waals surface area contributed by atoms with Crippen LogP contribution in [0.25, 0.3) is 0 Å². The predicted octanol–water partition coefficient (Wildman–Crippen LogP) is 4.31. The Hall–Kier alpha value is -1.09. The summed E-state index contributed by atoms with van der Waals surface area (Å²) >= 11 is 0. The van der Waals surface area contributed by atoms with Crippen LogP contribution in [0, 0.1) is 17.7 Å². The number of rotatable bonds is 4. The summed E-state index contributed by atoms with van der Waals surface area (Å²) < 4.78 is 18.8. The molecule has 112 valence electrons. The highest BCUT2D eigenvalue weighted by Crippen LogP contribution is 2.32. The fraction of sp³-hybridized carbons (Fsp3) is 0.647. The first-order valence-corrected chi connectivity index (χ1v) is 7.59. The number of halogens is 1. The summed E-state index contributed by atoms with van der Waals surface area (Å²) in [6.45, 7) is 6.72. The first kappa shape index (κ1) is 15.3. The minimum absolute atomic E-state index is 0.100. The van der Waals surface area contributed by atoms with Crippen molar-refractivity contribution in [2.45, 2.75) is 52.1 Å². The molecule has 1 aliphatic rings. The molecular formula is C17H26FNO. The fourth-order valence-electron chi connectivity index (χ4n) is 3.57. The third-order valence-corrected chi connectivity index (χ3v) is 4.32. The average molecular weight is 279 g/mol. The summed E-state index contributed by atoms with van der Waals surface area (Å²) in [4.78, 5) is 0. The van der Waals surface area contributed by atoms with E-state index in [0.29, 0.717) is 6.04 Å². The number of benzene rings is 1. The molecule has 20 heavy (non-hydrogen) atoms. The van der Waals surface area contributed by atoms with Crippen molar-refractivity contribution in [2.24, 2.45) is 11.8 Å². The third-order valence-electron chi connectivity index (χ3n) is 4.32. The molecule has 1 saturated carbocycles. The minimum Gasteiger partial charge on any atom is -0.496 e. The van der Waals surface area contributed by atoms with Gasteiger partial charge in [-0.25, -0.2) is 4.39 Å². The highest BCUT2D eigenvalue weighted by Gasteiger charge is 2.25. The second-order valence-electron chi connectivity index (χ2n) is 6.39. The Morgan fingerprint density at radius 3 is 2.45 bits per heavy atom. The molecule has 0 aliphatic heterocycles. The lowest BCUT2D eigenvalue weighted by atomic mass is 9.80. The van der Waals surface area contributed by atoms with E-state index in [1.165, 1.54) is 25.3 Å². The summed E-state index contributed by atoms with van der Waals surface area (Å²) in [6, 6.07) is 5.33. The molecule has 0 amide bonds. The first-order chi connectivity index (χ1) is 9.49. The second kappa shape index (κ2) is 6.57. The van der Waals surface area contributed by atoms with Crippen LogP contribution >= 0.6 is 0 Å². The molecule has 0 bridgehead atoms. The summed E-state index contributed by atoms with van der Waals surface area (Å²) in [5, 5.41) is 3.65. The molecule has 1 aliphatic carbocycles. The molecule has 0 radical (unpaired) electrons. The second-order valence-corrected chi connectivity index (χ2v) is 6.39. The number of hydrogen-bond acceptors (Lipinski definition) is 2. The molecule has 2 rings (SSSR count). The fourth-order valence-corrected chi connectivity index (χ4v) is 3.57. The lowest BCUT2D eigenvalue weighted by molar-refractivity contribution is 0.227. The van der Waals surface area contributed by atoms with Crippen molar-refractivity contribution in [1.29, 1.82) is 0 Å². The highest BCUT2D eigenvalue weighted by molar-refractivity contribution is 5.36. The van der Waals surface area contributed by atoms with Crippen LogP contribution in [-0.2, 0) is 0 Å². The Balaban J connectivity index is 2.07. The van der Waals surface area contributed by atoms with E-state index >= 15 is 0 Å². The monoisotopic (exact) mass is 279 g/mol. The van der Waals surface area contributed by atoms with Crippen LogP contribution in [0.3, 0.4) is 0 Å². The van der Waals surface area contributed by atoms with E-state index < -0.39 is 0 Å². The molecule has 0 aromatic heterocycles. The van der Waals surface area contributed by atoms with Gasteiger partial charge in [0.05, 0.1) is 7.11 Å². The minimum atomic E-state index is -0.208. The third kappa shape index (κ3) is 3.72. The van der Waals surface area contributed by atoms with Crippen LogP contribution in [0.2, 0.25) is 0 Å². The largest absolute Gasteiger partial charge is 0.496 e. The van der Waals surface area contributed by atoms with Crippen LogP contribution in [0.4, 0.5) is 4.39 Å². The molecule has 2 nitrogen and oxygen atoms in total. The van der Waals surface area contributed by atoms with Gasteiger partial charge in [-0.05, 0) is 56.2 Å². The van der Waals surface area contributed by atoms with Crippen molar-refractivity contribution in [3.63, 3.8) is 0 Å². The summed E-state index contributed by atoms with van der Waals surface area (Å²) in [7, 11) is 1.63. The maximum atomic E-state index is 13.5. The number of hydrogen-bond donors (Lipinski definition) is 1. The van der Waals surface area contributed by atoms with Gasteiger partial charge in [-0.1, -0.05) is 13.8 Å². The zero-order valence-corrected chi connectivity index (χ0v) is 12.9. The van der Waals surface area contributed by atoms with Gasteiger partial charge in [-0.15, -0.1) is 0 Å².